The van der Waals surface area contributed by atoms with Crippen LogP contribution in [0.15, 0.2) is 6.07 Å². The molecular weight excluding hydrogens is 246 g/mol. The molecule has 108 valence electrons. The van der Waals surface area contributed by atoms with Crippen molar-refractivity contribution >= 4 is 5.82 Å². The first-order valence-corrected chi connectivity index (χ1v) is 6.61. The maximum Gasteiger partial charge on any atom is 0.218 e. The van der Waals surface area contributed by atoms with Crippen LogP contribution in [0.2, 0.25) is 0 Å². The summed E-state index contributed by atoms with van der Waals surface area (Å²) < 4.78 is 15.9. The Bertz CT molecular complexity index is 337. The highest BCUT2D eigenvalue weighted by Gasteiger charge is 2.05. The molecule has 1 heterocycles. The maximum atomic E-state index is 5.55. The molecule has 0 amide bonds. The molecule has 0 saturated carbocycles. The van der Waals surface area contributed by atoms with Crippen LogP contribution >= 0.6 is 0 Å². The summed E-state index contributed by atoms with van der Waals surface area (Å²) in [6, 6.07) is 1.78. The van der Waals surface area contributed by atoms with Crippen LogP contribution in [0.4, 0.5) is 5.82 Å². The predicted octanol–water partition coefficient (Wildman–Crippen LogP) is 1.86. The highest BCUT2D eigenvalue weighted by molar-refractivity contribution is 5.38. The number of nitrogens with zero attached hydrogens (tertiary/aromatic N) is 2. The minimum absolute atomic E-state index is 0.363. The molecule has 0 radical (unpaired) electrons. The van der Waals surface area contributed by atoms with E-state index in [1.807, 2.05) is 6.92 Å². The first kappa shape index (κ1) is 15.7. The summed E-state index contributed by atoms with van der Waals surface area (Å²) in [5, 5.41) is 3.14. The molecule has 0 aromatic carbocycles. The van der Waals surface area contributed by atoms with Gasteiger partial charge in [-0.15, -0.1) is 0 Å². The molecule has 0 unspecified atom stereocenters. The molecule has 0 aliphatic rings. The molecule has 6 nitrogen and oxygen atoms in total. The van der Waals surface area contributed by atoms with Crippen molar-refractivity contribution in [3.63, 3.8) is 0 Å². The lowest BCUT2D eigenvalue weighted by atomic mass is 10.5. The van der Waals surface area contributed by atoms with Gasteiger partial charge in [-0.2, -0.15) is 4.98 Å². The Hall–Kier alpha value is -1.40. The molecule has 19 heavy (non-hydrogen) atoms. The third-order valence-corrected chi connectivity index (χ3v) is 2.21. The van der Waals surface area contributed by atoms with E-state index in [9.17, 15) is 0 Å². The number of nitrogens with one attached hydrogen (secondary N) is 1. The van der Waals surface area contributed by atoms with Crippen molar-refractivity contribution in [3.8, 4) is 5.88 Å². The average Bonchev–Trinajstić information content (AvgIpc) is 2.39. The minimum atomic E-state index is 0.363. The number of ether oxygens (including phenoxy) is 3. The second-order valence-corrected chi connectivity index (χ2v) is 3.93. The summed E-state index contributed by atoms with van der Waals surface area (Å²) in [5.74, 6) is 1.89. The van der Waals surface area contributed by atoms with Crippen molar-refractivity contribution in [2.45, 2.75) is 26.9 Å². The van der Waals surface area contributed by atoms with Crippen molar-refractivity contribution in [1.82, 2.24) is 9.97 Å². The molecule has 1 rings (SSSR count). The molecule has 0 spiro atoms. The van der Waals surface area contributed by atoms with Gasteiger partial charge >= 0.3 is 0 Å². The minimum Gasteiger partial charge on any atom is -0.475 e. The standard InChI is InChI=1S/C13H23N3O3/c1-4-6-18-7-8-19-13-9-11(14-5-2)15-12(16-13)10-17-3/h9H,4-8,10H2,1-3H3,(H,14,15,16). The fourth-order valence-electron chi connectivity index (χ4n) is 1.46. The average molecular weight is 269 g/mol. The van der Waals surface area contributed by atoms with E-state index in [-0.39, 0.29) is 0 Å². The second-order valence-electron chi connectivity index (χ2n) is 3.93. The first-order valence-electron chi connectivity index (χ1n) is 6.61. The molecule has 0 aliphatic carbocycles. The Morgan fingerprint density at radius 1 is 1.16 bits per heavy atom. The zero-order chi connectivity index (χ0) is 13.9. The van der Waals surface area contributed by atoms with E-state index in [4.69, 9.17) is 14.2 Å². The Morgan fingerprint density at radius 3 is 2.68 bits per heavy atom. The van der Waals surface area contributed by atoms with Crippen LogP contribution in [-0.2, 0) is 16.1 Å². The number of hydrogen-bond donors (Lipinski definition) is 1. The van der Waals surface area contributed by atoms with Crippen molar-refractivity contribution in [1.29, 1.82) is 0 Å². The third kappa shape index (κ3) is 6.35. The highest BCUT2D eigenvalue weighted by atomic mass is 16.5. The summed E-state index contributed by atoms with van der Waals surface area (Å²) in [5.41, 5.74) is 0. The summed E-state index contributed by atoms with van der Waals surface area (Å²) in [7, 11) is 1.61. The highest BCUT2D eigenvalue weighted by Crippen LogP contribution is 2.14. The number of anilines is 1. The van der Waals surface area contributed by atoms with Gasteiger partial charge in [0, 0.05) is 26.3 Å². The van der Waals surface area contributed by atoms with Crippen molar-refractivity contribution < 1.29 is 14.2 Å². The fraction of sp³-hybridized carbons (Fsp3) is 0.692. The largest absolute Gasteiger partial charge is 0.475 e. The van der Waals surface area contributed by atoms with E-state index in [1.165, 1.54) is 0 Å². The number of rotatable bonds is 10. The van der Waals surface area contributed by atoms with E-state index >= 15 is 0 Å². The van der Waals surface area contributed by atoms with Gasteiger partial charge in [0.05, 0.1) is 6.61 Å². The summed E-state index contributed by atoms with van der Waals surface area (Å²) >= 11 is 0. The van der Waals surface area contributed by atoms with Gasteiger partial charge in [-0.25, -0.2) is 4.98 Å². The van der Waals surface area contributed by atoms with E-state index < -0.39 is 0 Å². The first-order chi connectivity index (χ1) is 9.30. The number of hydrogen-bond acceptors (Lipinski definition) is 6. The smallest absolute Gasteiger partial charge is 0.218 e. The monoisotopic (exact) mass is 269 g/mol. The lowest BCUT2D eigenvalue weighted by molar-refractivity contribution is 0.0985. The second kappa shape index (κ2) is 9.52. The molecule has 1 N–H and O–H groups in total. The SMILES string of the molecule is CCCOCCOc1cc(NCC)nc(COC)n1. The van der Waals surface area contributed by atoms with Crippen molar-refractivity contribution in [2.24, 2.45) is 0 Å². The van der Waals surface area contributed by atoms with Gasteiger partial charge in [0.25, 0.3) is 0 Å². The van der Waals surface area contributed by atoms with Crippen molar-refractivity contribution in [2.75, 3.05) is 38.8 Å². The number of methoxy groups -OCH3 is 1. The lowest BCUT2D eigenvalue weighted by Gasteiger charge is -2.10. The lowest BCUT2D eigenvalue weighted by Crippen LogP contribution is -2.10. The van der Waals surface area contributed by atoms with Crippen LogP contribution in [0.3, 0.4) is 0 Å². The quantitative estimate of drug-likeness (QED) is 0.654. The van der Waals surface area contributed by atoms with Gasteiger partial charge in [-0.05, 0) is 13.3 Å². The molecular formula is C13H23N3O3. The Balaban J connectivity index is 2.54. The summed E-state index contributed by atoms with van der Waals surface area (Å²) in [6.45, 7) is 7.04. The zero-order valence-corrected chi connectivity index (χ0v) is 11.9. The fourth-order valence-corrected chi connectivity index (χ4v) is 1.46. The summed E-state index contributed by atoms with van der Waals surface area (Å²) in [6.07, 6.45) is 1.01. The molecule has 1 aromatic rings. The maximum absolute atomic E-state index is 5.55. The van der Waals surface area contributed by atoms with E-state index in [0.717, 1.165) is 25.4 Å². The summed E-state index contributed by atoms with van der Waals surface area (Å²) in [4.78, 5) is 8.58. The Morgan fingerprint density at radius 2 is 2.00 bits per heavy atom. The van der Waals surface area contributed by atoms with Crippen LogP contribution in [-0.4, -0.2) is 43.4 Å². The van der Waals surface area contributed by atoms with Gasteiger partial charge in [0.2, 0.25) is 5.88 Å². The van der Waals surface area contributed by atoms with Crippen LogP contribution in [0.1, 0.15) is 26.1 Å². The van der Waals surface area contributed by atoms with Crippen LogP contribution in [0, 0.1) is 0 Å². The Kier molecular flexibility index (Phi) is 7.84. The molecule has 0 aliphatic heterocycles. The topological polar surface area (TPSA) is 65.5 Å². The molecule has 0 fully saturated rings. The van der Waals surface area contributed by atoms with Gasteiger partial charge < -0.3 is 19.5 Å². The molecule has 1 aromatic heterocycles. The van der Waals surface area contributed by atoms with Crippen LogP contribution in [0.25, 0.3) is 0 Å². The van der Waals surface area contributed by atoms with E-state index in [2.05, 4.69) is 22.2 Å². The number of aromatic nitrogens is 2. The molecule has 0 bridgehead atoms. The predicted molar refractivity (Wildman–Crippen MR) is 73.5 cm³/mol. The van der Waals surface area contributed by atoms with E-state index in [1.54, 1.807) is 13.2 Å². The van der Waals surface area contributed by atoms with Crippen molar-refractivity contribution in [3.05, 3.63) is 11.9 Å². The molecule has 0 saturated heterocycles. The third-order valence-electron chi connectivity index (χ3n) is 2.21. The Labute approximate surface area is 114 Å². The van der Waals surface area contributed by atoms with Crippen LogP contribution in [0.5, 0.6) is 5.88 Å². The molecule has 0 atom stereocenters. The zero-order valence-electron chi connectivity index (χ0n) is 11.9. The van der Waals surface area contributed by atoms with Crippen LogP contribution < -0.4 is 10.1 Å². The van der Waals surface area contributed by atoms with Gasteiger partial charge in [-0.3, -0.25) is 0 Å². The van der Waals surface area contributed by atoms with Gasteiger partial charge in [0.15, 0.2) is 5.82 Å². The normalized spacial score (nSPS) is 10.5. The molecule has 6 heteroatoms. The van der Waals surface area contributed by atoms with Gasteiger partial charge in [-0.1, -0.05) is 6.92 Å². The van der Waals surface area contributed by atoms with E-state index in [0.29, 0.717) is 31.5 Å². The van der Waals surface area contributed by atoms with Gasteiger partial charge in [0.1, 0.15) is 19.0 Å².